The molecule has 1 rings (SSSR count). The number of hydrogen-bond acceptors (Lipinski definition) is 0. The monoisotopic (exact) mass is 380 g/mol. The Labute approximate surface area is 176 Å². The number of unbranched alkanes of at least 4 members (excludes halogenated alkanes) is 12. The van der Waals surface area contributed by atoms with Gasteiger partial charge in [-0.2, -0.15) is 0 Å². The lowest BCUT2D eigenvalue weighted by atomic mass is 9.74. The zero-order valence-electron chi connectivity index (χ0n) is 21.4. The van der Waals surface area contributed by atoms with Gasteiger partial charge in [0.1, 0.15) is 0 Å². The molecule has 1 aliphatic rings. The number of hydrogen-bond donors (Lipinski definition) is 0. The lowest BCUT2D eigenvalue weighted by Crippen LogP contribution is -2.19. The summed E-state index contributed by atoms with van der Waals surface area (Å²) in [6.07, 6.45) is 25.8. The minimum absolute atomic E-state index is 0.105. The summed E-state index contributed by atoms with van der Waals surface area (Å²) in [5, 5.41) is 0. The van der Waals surface area contributed by atoms with Crippen LogP contribution >= 0.6 is 0 Å². The molecule has 0 nitrogen and oxygen atoms in total. The molecule has 0 aromatic rings. The van der Waals surface area contributed by atoms with Crippen molar-refractivity contribution in [1.29, 1.82) is 0 Å². The first-order valence-electron chi connectivity index (χ1n) is 14.0. The van der Waals surface area contributed by atoms with Gasteiger partial charge >= 0.3 is 0 Å². The molecule has 162 valence electrons. The van der Waals surface area contributed by atoms with Gasteiger partial charge in [-0.05, 0) is 17.7 Å². The molecule has 0 heterocycles. The van der Waals surface area contributed by atoms with E-state index in [1.807, 2.05) is 0 Å². The maximum absolute atomic E-state index is 9.14. The highest BCUT2D eigenvalue weighted by atomic mass is 14.3. The van der Waals surface area contributed by atoms with Crippen molar-refractivity contribution >= 4 is 0 Å². The molecule has 0 amide bonds. The third kappa shape index (κ3) is 14.6. The van der Waals surface area contributed by atoms with Gasteiger partial charge in [0.05, 0.1) is 0 Å². The molecule has 0 aliphatic heterocycles. The molecule has 3 atom stereocenters. The summed E-state index contributed by atoms with van der Waals surface area (Å²) in [4.78, 5) is 0. The molecule has 0 spiro atoms. The Morgan fingerprint density at radius 1 is 0.741 bits per heavy atom. The zero-order valence-corrected chi connectivity index (χ0v) is 19.4. The minimum atomic E-state index is -0.210. The Kier molecular flexibility index (Phi) is 14.5. The van der Waals surface area contributed by atoms with E-state index >= 15 is 0 Å². The van der Waals surface area contributed by atoms with Crippen LogP contribution in [0.1, 0.15) is 158 Å². The Morgan fingerprint density at radius 3 is 1.93 bits per heavy atom. The second-order valence-electron chi connectivity index (χ2n) is 9.74. The summed E-state index contributed by atoms with van der Waals surface area (Å²) in [7, 11) is 0. The van der Waals surface area contributed by atoms with Crippen LogP contribution in [0.4, 0.5) is 0 Å². The molecule has 0 aromatic carbocycles. The van der Waals surface area contributed by atoms with Crippen LogP contribution in [0.15, 0.2) is 0 Å². The lowest BCUT2D eigenvalue weighted by molar-refractivity contribution is 0.202. The van der Waals surface area contributed by atoms with Crippen LogP contribution in [0.5, 0.6) is 0 Å². The quantitative estimate of drug-likeness (QED) is 0.207. The van der Waals surface area contributed by atoms with Crippen LogP contribution < -0.4 is 0 Å². The SMILES string of the molecule is [2H]C1CCC([2H])(CCCCCCCC)C(CCCCCCCCCCC(C)C)C1. The molecule has 1 aliphatic carbocycles. The van der Waals surface area contributed by atoms with Gasteiger partial charge < -0.3 is 0 Å². The fourth-order valence-corrected chi connectivity index (χ4v) is 4.76. The minimum Gasteiger partial charge on any atom is -0.0654 e. The first kappa shape index (κ1) is 21.7. The van der Waals surface area contributed by atoms with E-state index in [4.69, 9.17) is 2.74 Å². The van der Waals surface area contributed by atoms with E-state index in [1.54, 1.807) is 0 Å². The van der Waals surface area contributed by atoms with Crippen molar-refractivity contribution in [3.63, 3.8) is 0 Å². The third-order valence-corrected chi connectivity index (χ3v) is 6.63. The van der Waals surface area contributed by atoms with Crippen molar-refractivity contribution in [2.75, 3.05) is 0 Å². The van der Waals surface area contributed by atoms with Crippen LogP contribution in [0.2, 0.25) is 0 Å². The summed E-state index contributed by atoms with van der Waals surface area (Å²) in [6.45, 7) is 6.93. The van der Waals surface area contributed by atoms with Gasteiger partial charge in [0, 0.05) is 2.74 Å². The van der Waals surface area contributed by atoms with Gasteiger partial charge in [-0.1, -0.05) is 156 Å². The summed E-state index contributed by atoms with van der Waals surface area (Å²) in [5.41, 5.74) is 0. The lowest BCUT2D eigenvalue weighted by Gasteiger charge is -2.32. The molecule has 1 fully saturated rings. The van der Waals surface area contributed by atoms with E-state index < -0.39 is 0 Å². The molecule has 0 aromatic heterocycles. The van der Waals surface area contributed by atoms with Crippen molar-refractivity contribution in [2.24, 2.45) is 17.7 Å². The van der Waals surface area contributed by atoms with Gasteiger partial charge in [-0.25, -0.2) is 0 Å². The predicted octanol–water partition coefficient (Wildman–Crippen LogP) is 10.1. The van der Waals surface area contributed by atoms with E-state index in [1.165, 1.54) is 103 Å². The molecule has 0 radical (unpaired) electrons. The third-order valence-electron chi connectivity index (χ3n) is 6.63. The second-order valence-corrected chi connectivity index (χ2v) is 9.74. The van der Waals surface area contributed by atoms with Crippen LogP contribution in [0.25, 0.3) is 0 Å². The molecule has 0 bridgehead atoms. The van der Waals surface area contributed by atoms with Gasteiger partial charge in [0.2, 0.25) is 0 Å². The summed E-state index contributed by atoms with van der Waals surface area (Å²) >= 11 is 0. The van der Waals surface area contributed by atoms with Crippen molar-refractivity contribution in [3.8, 4) is 0 Å². The highest BCUT2D eigenvalue weighted by Gasteiger charge is 2.23. The van der Waals surface area contributed by atoms with Gasteiger partial charge in [-0.15, -0.1) is 0 Å². The standard InChI is InChI=1S/C27H54/c1-4-5-6-7-13-16-21-26-23-18-19-24-27(26)22-17-14-11-9-8-10-12-15-20-25(2)3/h25-27H,4-24H2,1-3H3/i19D,26D. The highest BCUT2D eigenvalue weighted by Crippen LogP contribution is 2.37. The Hall–Kier alpha value is 0. The zero-order chi connectivity index (χ0) is 21.4. The first-order valence-corrected chi connectivity index (χ1v) is 12.9. The van der Waals surface area contributed by atoms with Crippen LogP contribution in [-0.2, 0) is 0 Å². The molecule has 0 heteroatoms. The van der Waals surface area contributed by atoms with Crippen molar-refractivity contribution < 1.29 is 2.74 Å². The van der Waals surface area contributed by atoms with Crippen molar-refractivity contribution in [2.45, 2.75) is 156 Å². The maximum atomic E-state index is 9.14. The van der Waals surface area contributed by atoms with E-state index in [-0.39, 0.29) is 12.3 Å². The topological polar surface area (TPSA) is 0 Å². The van der Waals surface area contributed by atoms with Crippen LogP contribution in [-0.4, -0.2) is 0 Å². The summed E-state index contributed by atoms with van der Waals surface area (Å²) in [6, 6.07) is 0. The molecular formula is C27H54. The fraction of sp³-hybridized carbons (Fsp3) is 1.00. The summed E-state index contributed by atoms with van der Waals surface area (Å²) < 4.78 is 17.4. The molecule has 0 N–H and O–H groups in total. The van der Waals surface area contributed by atoms with Crippen LogP contribution in [0, 0.1) is 17.7 Å². The average Bonchev–Trinajstić information content (AvgIpc) is 2.68. The van der Waals surface area contributed by atoms with Gasteiger partial charge in [0.25, 0.3) is 0 Å². The van der Waals surface area contributed by atoms with Crippen molar-refractivity contribution in [1.82, 2.24) is 0 Å². The normalized spacial score (nSPS) is 27.0. The molecule has 27 heavy (non-hydrogen) atoms. The molecule has 1 saturated carbocycles. The highest BCUT2D eigenvalue weighted by molar-refractivity contribution is 4.75. The van der Waals surface area contributed by atoms with E-state index in [0.717, 1.165) is 31.6 Å². The van der Waals surface area contributed by atoms with Gasteiger partial charge in [-0.3, -0.25) is 0 Å². The number of rotatable bonds is 18. The molecule has 3 unspecified atom stereocenters. The Balaban J connectivity index is 2.14. The van der Waals surface area contributed by atoms with E-state index in [0.29, 0.717) is 5.92 Å². The molecular weight excluding hydrogens is 324 g/mol. The second kappa shape index (κ2) is 18.1. The Bertz CT molecular complexity index is 368. The Morgan fingerprint density at radius 2 is 1.30 bits per heavy atom. The van der Waals surface area contributed by atoms with Crippen molar-refractivity contribution in [3.05, 3.63) is 0 Å². The maximum Gasteiger partial charge on any atom is 0.0306 e. The first-order chi connectivity index (χ1) is 14.0. The van der Waals surface area contributed by atoms with Crippen LogP contribution in [0.3, 0.4) is 0 Å². The predicted molar refractivity (Wildman–Crippen MR) is 124 cm³/mol. The fourth-order valence-electron chi connectivity index (χ4n) is 4.76. The summed E-state index contributed by atoms with van der Waals surface area (Å²) in [5.74, 6) is 1.15. The smallest absolute Gasteiger partial charge is 0.0306 e. The molecule has 0 saturated heterocycles. The average molecular weight is 381 g/mol. The van der Waals surface area contributed by atoms with E-state index in [2.05, 4.69) is 20.8 Å². The largest absolute Gasteiger partial charge is 0.0654 e. The van der Waals surface area contributed by atoms with E-state index in [9.17, 15) is 0 Å². The van der Waals surface area contributed by atoms with Gasteiger partial charge in [0.15, 0.2) is 0 Å².